The number of urea groups is 1. The van der Waals surface area contributed by atoms with E-state index in [1.807, 2.05) is 54.0 Å². The molecule has 162 valence electrons. The summed E-state index contributed by atoms with van der Waals surface area (Å²) in [6.45, 7) is 2.19. The van der Waals surface area contributed by atoms with Crippen molar-refractivity contribution in [1.29, 1.82) is 0 Å². The van der Waals surface area contributed by atoms with Gasteiger partial charge < -0.3 is 10.6 Å². The van der Waals surface area contributed by atoms with E-state index in [0.29, 0.717) is 11.5 Å². The number of hydrogen-bond acceptors (Lipinski definition) is 4. The monoisotopic (exact) mass is 447 g/mol. The van der Waals surface area contributed by atoms with Gasteiger partial charge in [0.05, 0.1) is 6.54 Å². The van der Waals surface area contributed by atoms with Crippen molar-refractivity contribution in [3.8, 4) is 5.69 Å². The zero-order valence-electron chi connectivity index (χ0n) is 17.5. The van der Waals surface area contributed by atoms with Gasteiger partial charge in [0.1, 0.15) is 5.82 Å². The van der Waals surface area contributed by atoms with E-state index in [0.717, 1.165) is 22.2 Å². The van der Waals surface area contributed by atoms with Crippen LogP contribution in [0.3, 0.4) is 0 Å². The highest BCUT2D eigenvalue weighted by molar-refractivity contribution is 7.98. The molecular weight excluding hydrogens is 425 g/mol. The van der Waals surface area contributed by atoms with Gasteiger partial charge in [-0.15, -0.1) is 10.2 Å². The molecule has 6 nitrogen and oxygen atoms in total. The summed E-state index contributed by atoms with van der Waals surface area (Å²) in [6, 6.07) is 23.5. The van der Waals surface area contributed by atoms with Crippen LogP contribution in [-0.4, -0.2) is 20.8 Å². The Balaban J connectivity index is 1.51. The van der Waals surface area contributed by atoms with Crippen LogP contribution >= 0.6 is 11.8 Å². The third kappa shape index (κ3) is 5.53. The lowest BCUT2D eigenvalue weighted by molar-refractivity contribution is 0.251. The lowest BCUT2D eigenvalue weighted by atomic mass is 10.2. The zero-order chi connectivity index (χ0) is 22.3. The van der Waals surface area contributed by atoms with Gasteiger partial charge in [-0.3, -0.25) is 4.57 Å². The van der Waals surface area contributed by atoms with E-state index in [4.69, 9.17) is 0 Å². The standard InChI is InChI=1S/C24H22FN5OS/c1-17-10-12-21(13-11-17)30-22(15-26-23(31)27-20-9-5-8-19(25)14-20)28-29-24(30)32-16-18-6-3-2-4-7-18/h2-14H,15-16H2,1H3,(H2,26,27,31). The number of thioether (sulfide) groups is 1. The number of carbonyl (C=O) groups excluding carboxylic acids is 1. The Hall–Kier alpha value is -3.65. The van der Waals surface area contributed by atoms with E-state index in [1.165, 1.54) is 23.8 Å². The molecule has 0 atom stereocenters. The van der Waals surface area contributed by atoms with Crippen LogP contribution in [0.15, 0.2) is 84.0 Å². The van der Waals surface area contributed by atoms with E-state index in [2.05, 4.69) is 33.0 Å². The molecule has 3 aromatic carbocycles. The molecule has 0 aliphatic carbocycles. The van der Waals surface area contributed by atoms with E-state index in [9.17, 15) is 9.18 Å². The van der Waals surface area contributed by atoms with Gasteiger partial charge in [-0.1, -0.05) is 65.9 Å². The summed E-state index contributed by atoms with van der Waals surface area (Å²) in [5, 5.41) is 14.8. The van der Waals surface area contributed by atoms with Gasteiger partial charge in [0, 0.05) is 17.1 Å². The van der Waals surface area contributed by atoms with Gasteiger partial charge in [-0.2, -0.15) is 0 Å². The molecule has 0 radical (unpaired) electrons. The maximum Gasteiger partial charge on any atom is 0.319 e. The molecule has 0 fully saturated rings. The van der Waals surface area contributed by atoms with Crippen molar-refractivity contribution in [2.45, 2.75) is 24.4 Å². The molecule has 4 aromatic rings. The summed E-state index contributed by atoms with van der Waals surface area (Å²) < 4.78 is 15.3. The van der Waals surface area contributed by atoms with Crippen molar-refractivity contribution >= 4 is 23.5 Å². The molecule has 0 unspecified atom stereocenters. The lowest BCUT2D eigenvalue weighted by Crippen LogP contribution is -2.29. The van der Waals surface area contributed by atoms with E-state index >= 15 is 0 Å². The second kappa shape index (κ2) is 10.1. The van der Waals surface area contributed by atoms with Crippen molar-refractivity contribution in [1.82, 2.24) is 20.1 Å². The fourth-order valence-electron chi connectivity index (χ4n) is 3.08. The average Bonchev–Trinajstić information content (AvgIpc) is 3.20. The number of aromatic nitrogens is 3. The smallest absolute Gasteiger partial charge is 0.319 e. The Morgan fingerprint density at radius 2 is 1.78 bits per heavy atom. The van der Waals surface area contributed by atoms with E-state index < -0.39 is 11.8 Å². The molecule has 0 saturated heterocycles. The molecule has 0 aliphatic heterocycles. The molecule has 2 amide bonds. The van der Waals surface area contributed by atoms with Crippen LogP contribution in [-0.2, 0) is 12.3 Å². The maximum atomic E-state index is 13.3. The summed E-state index contributed by atoms with van der Waals surface area (Å²) in [5.41, 5.74) is 3.62. The summed E-state index contributed by atoms with van der Waals surface area (Å²) >= 11 is 1.58. The Kier molecular flexibility index (Phi) is 6.81. The van der Waals surface area contributed by atoms with Gasteiger partial charge in [0.25, 0.3) is 0 Å². The van der Waals surface area contributed by atoms with Gasteiger partial charge >= 0.3 is 6.03 Å². The SMILES string of the molecule is Cc1ccc(-n2c(CNC(=O)Nc3cccc(F)c3)nnc2SCc2ccccc2)cc1. The predicted octanol–water partition coefficient (Wildman–Crippen LogP) is 5.33. The minimum absolute atomic E-state index is 0.161. The number of anilines is 1. The summed E-state index contributed by atoms with van der Waals surface area (Å²) in [7, 11) is 0. The van der Waals surface area contributed by atoms with Gasteiger partial charge in [-0.05, 0) is 42.8 Å². The fraction of sp³-hybridized carbons (Fsp3) is 0.125. The minimum atomic E-state index is -0.451. The fourth-order valence-corrected chi connectivity index (χ4v) is 4.01. The van der Waals surface area contributed by atoms with Crippen molar-refractivity contribution in [3.63, 3.8) is 0 Å². The Morgan fingerprint density at radius 3 is 2.53 bits per heavy atom. The summed E-state index contributed by atoms with van der Waals surface area (Å²) in [5.74, 6) is 0.930. The maximum absolute atomic E-state index is 13.3. The van der Waals surface area contributed by atoms with Crippen LogP contribution < -0.4 is 10.6 Å². The number of rotatable bonds is 7. The van der Waals surface area contributed by atoms with Gasteiger partial charge in [0.15, 0.2) is 11.0 Å². The predicted molar refractivity (Wildman–Crippen MR) is 124 cm³/mol. The molecule has 1 heterocycles. The Bertz CT molecular complexity index is 1190. The molecule has 0 saturated carbocycles. The van der Waals surface area contributed by atoms with Crippen LogP contribution in [0.5, 0.6) is 0 Å². The quantitative estimate of drug-likeness (QED) is 0.376. The molecule has 0 bridgehead atoms. The number of benzene rings is 3. The number of halogens is 1. The van der Waals surface area contributed by atoms with Gasteiger partial charge in [0.2, 0.25) is 0 Å². The lowest BCUT2D eigenvalue weighted by Gasteiger charge is -2.12. The number of aryl methyl sites for hydroxylation is 1. The molecule has 8 heteroatoms. The number of nitrogens with zero attached hydrogens (tertiary/aromatic N) is 3. The van der Waals surface area contributed by atoms with Crippen LogP contribution in [0.25, 0.3) is 5.69 Å². The van der Waals surface area contributed by atoms with Gasteiger partial charge in [-0.25, -0.2) is 9.18 Å². The molecule has 0 aliphatic rings. The highest BCUT2D eigenvalue weighted by Crippen LogP contribution is 2.25. The second-order valence-corrected chi connectivity index (χ2v) is 8.10. The molecule has 2 N–H and O–H groups in total. The van der Waals surface area contributed by atoms with Crippen molar-refractivity contribution < 1.29 is 9.18 Å². The molecular formula is C24H22FN5OS. The summed E-state index contributed by atoms with van der Waals surface area (Å²) in [6.07, 6.45) is 0. The van der Waals surface area contributed by atoms with Crippen molar-refractivity contribution in [2.24, 2.45) is 0 Å². The normalized spacial score (nSPS) is 10.7. The highest BCUT2D eigenvalue weighted by Gasteiger charge is 2.15. The first-order valence-electron chi connectivity index (χ1n) is 10.1. The highest BCUT2D eigenvalue weighted by atomic mass is 32.2. The minimum Gasteiger partial charge on any atom is -0.331 e. The van der Waals surface area contributed by atoms with Crippen LogP contribution in [0.2, 0.25) is 0 Å². The number of nitrogens with one attached hydrogen (secondary N) is 2. The third-order valence-corrected chi connectivity index (χ3v) is 5.69. The number of amides is 2. The summed E-state index contributed by atoms with van der Waals surface area (Å²) in [4.78, 5) is 12.3. The third-order valence-electron chi connectivity index (χ3n) is 4.69. The molecule has 32 heavy (non-hydrogen) atoms. The second-order valence-electron chi connectivity index (χ2n) is 7.16. The van der Waals surface area contributed by atoms with Crippen molar-refractivity contribution in [3.05, 3.63) is 102 Å². The first kappa shape index (κ1) is 21.6. The first-order chi connectivity index (χ1) is 15.6. The topological polar surface area (TPSA) is 71.8 Å². The first-order valence-corrected chi connectivity index (χ1v) is 11.1. The Morgan fingerprint density at radius 1 is 1.00 bits per heavy atom. The van der Waals surface area contributed by atoms with Crippen LogP contribution in [0.1, 0.15) is 17.0 Å². The molecule has 0 spiro atoms. The number of hydrogen-bond donors (Lipinski definition) is 2. The number of carbonyl (C=O) groups is 1. The molecule has 4 rings (SSSR count). The average molecular weight is 448 g/mol. The molecule has 1 aromatic heterocycles. The zero-order valence-corrected chi connectivity index (χ0v) is 18.3. The van der Waals surface area contributed by atoms with E-state index in [1.54, 1.807) is 17.8 Å². The van der Waals surface area contributed by atoms with Crippen molar-refractivity contribution in [2.75, 3.05) is 5.32 Å². The van der Waals surface area contributed by atoms with Crippen LogP contribution in [0, 0.1) is 12.7 Å². The van der Waals surface area contributed by atoms with Crippen LogP contribution in [0.4, 0.5) is 14.9 Å². The van der Waals surface area contributed by atoms with E-state index in [-0.39, 0.29) is 6.54 Å². The Labute approximate surface area is 189 Å². The largest absolute Gasteiger partial charge is 0.331 e.